The number of rotatable bonds is 7. The predicted molar refractivity (Wildman–Crippen MR) is 164 cm³/mol. The summed E-state index contributed by atoms with van der Waals surface area (Å²) < 4.78 is 22.6. The molecule has 4 aromatic rings. The molecule has 0 spiro atoms. The zero-order valence-electron chi connectivity index (χ0n) is 24.9. The summed E-state index contributed by atoms with van der Waals surface area (Å²) in [6.07, 6.45) is 0.987. The van der Waals surface area contributed by atoms with E-state index in [9.17, 15) is 24.3 Å². The molecular formula is C34H32N2O9. The van der Waals surface area contributed by atoms with Gasteiger partial charge in [-0.05, 0) is 61.3 Å². The quantitative estimate of drug-likeness (QED) is 0.140. The summed E-state index contributed by atoms with van der Waals surface area (Å²) in [5.74, 6) is -5.83. The second-order valence-corrected chi connectivity index (χ2v) is 11.4. The number of likely N-dealkylation sites (N-methyl/N-ethyl adjacent to an activating group) is 2. The molecule has 11 heteroatoms. The van der Waals surface area contributed by atoms with Gasteiger partial charge >= 0.3 is 23.9 Å². The lowest BCUT2D eigenvalue weighted by Crippen LogP contribution is -2.27. The van der Waals surface area contributed by atoms with Crippen LogP contribution in [0.4, 0.5) is 0 Å². The van der Waals surface area contributed by atoms with Crippen molar-refractivity contribution in [3.05, 3.63) is 77.9 Å². The highest BCUT2D eigenvalue weighted by Crippen LogP contribution is 2.38. The van der Waals surface area contributed by atoms with Crippen LogP contribution in [0.15, 0.2) is 66.7 Å². The highest BCUT2D eigenvalue weighted by atomic mass is 16.6. The minimum atomic E-state index is -1.61. The number of fused-ring (bicyclic) bond motifs is 2. The molecule has 0 radical (unpaired) electrons. The Morgan fingerprint density at radius 1 is 0.733 bits per heavy atom. The third-order valence-corrected chi connectivity index (χ3v) is 8.08. The van der Waals surface area contributed by atoms with Crippen molar-refractivity contribution in [3.63, 3.8) is 0 Å². The molecule has 45 heavy (non-hydrogen) atoms. The number of likely N-dealkylation sites (tertiary alicyclic amines) is 2. The molecular weight excluding hydrogens is 580 g/mol. The van der Waals surface area contributed by atoms with Crippen LogP contribution in [0.25, 0.3) is 21.5 Å². The van der Waals surface area contributed by atoms with Gasteiger partial charge < -0.3 is 33.9 Å². The van der Waals surface area contributed by atoms with Crippen LogP contribution >= 0.6 is 0 Å². The molecule has 232 valence electrons. The smallest absolute Gasteiger partial charge is 0.425 e. The highest BCUT2D eigenvalue weighted by molar-refractivity contribution is 6.33. The van der Waals surface area contributed by atoms with Gasteiger partial charge in [0, 0.05) is 31.6 Å². The number of benzene rings is 4. The average Bonchev–Trinajstić information content (AvgIpc) is 3.62. The van der Waals surface area contributed by atoms with E-state index in [1.54, 1.807) is 54.6 Å². The second kappa shape index (κ2) is 12.5. The summed E-state index contributed by atoms with van der Waals surface area (Å²) in [7, 11) is 3.90. The van der Waals surface area contributed by atoms with E-state index in [2.05, 4.69) is 9.80 Å². The van der Waals surface area contributed by atoms with Crippen LogP contribution in [0.3, 0.4) is 0 Å². The first kappa shape index (κ1) is 30.0. The monoisotopic (exact) mass is 612 g/mol. The van der Waals surface area contributed by atoms with E-state index in [-0.39, 0.29) is 40.4 Å². The van der Waals surface area contributed by atoms with Crippen LogP contribution in [0.1, 0.15) is 33.6 Å². The maximum absolute atomic E-state index is 13.3. The van der Waals surface area contributed by atoms with Gasteiger partial charge in [0.25, 0.3) is 0 Å². The zero-order chi connectivity index (χ0) is 31.7. The molecule has 2 atom stereocenters. The lowest BCUT2D eigenvalue weighted by molar-refractivity contribution is -0.158. The van der Waals surface area contributed by atoms with Crippen LogP contribution in [0, 0.1) is 0 Å². The Balaban J connectivity index is 1.27. The number of carboxylic acids is 1. The van der Waals surface area contributed by atoms with Crippen LogP contribution in [-0.2, 0) is 14.3 Å². The number of carboxylic acid groups (broad SMARTS) is 1. The Bertz CT molecular complexity index is 1820. The van der Waals surface area contributed by atoms with Gasteiger partial charge in [0.15, 0.2) is 5.75 Å². The number of hydrogen-bond acceptors (Lipinski definition) is 10. The molecule has 0 bridgehead atoms. The summed E-state index contributed by atoms with van der Waals surface area (Å²) in [5, 5.41) is 12.5. The Hall–Kier alpha value is -5.00. The minimum absolute atomic E-state index is 0.00394. The number of carbonyl (C=O) groups is 4. The van der Waals surface area contributed by atoms with E-state index < -0.39 is 29.4 Å². The molecule has 1 N–H and O–H groups in total. The largest absolute Gasteiger partial charge is 0.488 e. The van der Waals surface area contributed by atoms with Crippen molar-refractivity contribution >= 4 is 45.4 Å². The van der Waals surface area contributed by atoms with Crippen LogP contribution < -0.4 is 14.2 Å². The average molecular weight is 613 g/mol. The van der Waals surface area contributed by atoms with Crippen molar-refractivity contribution in [3.8, 4) is 17.2 Å². The Labute approximate surface area is 258 Å². The Kier molecular flexibility index (Phi) is 8.38. The zero-order valence-corrected chi connectivity index (χ0v) is 24.9. The molecule has 11 nitrogen and oxygen atoms in total. The first-order valence-corrected chi connectivity index (χ1v) is 14.7. The minimum Gasteiger partial charge on any atom is -0.488 e. The third-order valence-electron chi connectivity index (χ3n) is 8.08. The molecule has 2 heterocycles. The van der Waals surface area contributed by atoms with Gasteiger partial charge in [0.2, 0.25) is 0 Å². The molecule has 2 unspecified atom stereocenters. The number of aromatic carboxylic acids is 1. The number of carbonyl (C=O) groups excluding carboxylic acids is 3. The number of nitrogens with zero attached hydrogens (tertiary/aromatic N) is 2. The van der Waals surface area contributed by atoms with Crippen molar-refractivity contribution in [2.45, 2.75) is 25.0 Å². The predicted octanol–water partition coefficient (Wildman–Crippen LogP) is 4.15. The van der Waals surface area contributed by atoms with Gasteiger partial charge in [-0.15, -0.1) is 0 Å². The van der Waals surface area contributed by atoms with Gasteiger partial charge in [0.1, 0.15) is 34.8 Å². The lowest BCUT2D eigenvalue weighted by atomic mass is 10.0. The van der Waals surface area contributed by atoms with Gasteiger partial charge in [-0.3, -0.25) is 0 Å². The highest BCUT2D eigenvalue weighted by Gasteiger charge is 2.32. The molecule has 0 amide bonds. The van der Waals surface area contributed by atoms with E-state index in [4.69, 9.17) is 18.9 Å². The molecule has 0 aromatic heterocycles. The number of ether oxygens (including phenoxy) is 4. The van der Waals surface area contributed by atoms with Crippen LogP contribution in [0.2, 0.25) is 0 Å². The molecule has 2 fully saturated rings. The van der Waals surface area contributed by atoms with E-state index in [0.29, 0.717) is 30.3 Å². The second-order valence-electron chi connectivity index (χ2n) is 11.4. The maximum Gasteiger partial charge on any atom is 0.425 e. The maximum atomic E-state index is 13.3. The number of esters is 3. The van der Waals surface area contributed by atoms with Crippen molar-refractivity contribution < 1.29 is 43.2 Å². The lowest BCUT2D eigenvalue weighted by Gasteiger charge is -2.19. The standard InChI is InChI=1S/C34H32N2O9/c1-35-13-11-23(18-35)42-27-16-21-8-4-3-7-20(21)15-26(27)32(39)45-34(41)33(40)44-30-25-10-6-5-9-22(25)17-28(29(30)31(37)38)43-24-12-14-36(2)19-24/h3-10,15-17,23-24H,11-14,18-19H2,1-2H3,(H,37,38). The fourth-order valence-corrected chi connectivity index (χ4v) is 5.82. The Morgan fingerprint density at radius 3 is 1.89 bits per heavy atom. The van der Waals surface area contributed by atoms with Crippen LogP contribution in [0.5, 0.6) is 17.2 Å². The van der Waals surface area contributed by atoms with Crippen molar-refractivity contribution in [1.29, 1.82) is 0 Å². The normalized spacial score (nSPS) is 18.6. The molecule has 6 rings (SSSR count). The molecule has 0 saturated carbocycles. The van der Waals surface area contributed by atoms with Gasteiger partial charge in [-0.1, -0.05) is 48.5 Å². The summed E-state index contributed by atoms with van der Waals surface area (Å²) in [5.41, 5.74) is -0.444. The summed E-state index contributed by atoms with van der Waals surface area (Å²) in [6.45, 7) is 2.86. The molecule has 0 aliphatic carbocycles. The van der Waals surface area contributed by atoms with E-state index >= 15 is 0 Å². The molecule has 2 saturated heterocycles. The topological polar surface area (TPSA) is 132 Å². The third kappa shape index (κ3) is 6.45. The summed E-state index contributed by atoms with van der Waals surface area (Å²) >= 11 is 0. The van der Waals surface area contributed by atoms with Crippen molar-refractivity contribution in [2.75, 3.05) is 40.3 Å². The summed E-state index contributed by atoms with van der Waals surface area (Å²) in [6, 6.07) is 18.8. The van der Waals surface area contributed by atoms with E-state index in [1.807, 2.05) is 26.2 Å². The first-order chi connectivity index (χ1) is 21.7. The van der Waals surface area contributed by atoms with Gasteiger partial charge in [-0.25, -0.2) is 19.2 Å². The van der Waals surface area contributed by atoms with Crippen LogP contribution in [-0.4, -0.2) is 91.3 Å². The summed E-state index contributed by atoms with van der Waals surface area (Å²) in [4.78, 5) is 56.0. The van der Waals surface area contributed by atoms with E-state index in [1.165, 1.54) is 0 Å². The van der Waals surface area contributed by atoms with E-state index in [0.717, 1.165) is 24.9 Å². The Morgan fingerprint density at radius 2 is 1.29 bits per heavy atom. The number of hydrogen-bond donors (Lipinski definition) is 1. The van der Waals surface area contributed by atoms with Crippen molar-refractivity contribution in [2.24, 2.45) is 0 Å². The molecule has 2 aliphatic heterocycles. The first-order valence-electron chi connectivity index (χ1n) is 14.7. The molecule has 2 aliphatic rings. The molecule has 4 aromatic carbocycles. The van der Waals surface area contributed by atoms with Crippen molar-refractivity contribution in [1.82, 2.24) is 9.80 Å². The fourth-order valence-electron chi connectivity index (χ4n) is 5.82. The van der Waals surface area contributed by atoms with Gasteiger partial charge in [0.05, 0.1) is 0 Å². The van der Waals surface area contributed by atoms with Gasteiger partial charge in [-0.2, -0.15) is 0 Å². The fraction of sp³-hybridized carbons (Fsp3) is 0.294. The SMILES string of the molecule is CN1CCC(Oc2cc3ccccc3cc2C(=O)OC(=O)C(=O)Oc2c(C(=O)O)c(OC3CCN(C)C3)cc3ccccc23)C1.